The van der Waals surface area contributed by atoms with Crippen molar-refractivity contribution in [3.05, 3.63) is 60.4 Å². The number of carbonyl (C=O) groups is 2. The molecule has 0 bridgehead atoms. The standard InChI is InChI=1S/C30H33N9O4/c1-19-24-7-6-22(29(40)37-10-2-3-23(16-37)34-30(41)42)15-39(24)35-26(19)25-13-21-8-9-31-28(27(21)38(25)14-20-4-5-20)43-12-11-36-17-32-33-18-36/h6-9,13,15,17-18,20,23,34H,2-5,10-12,14,16H2,1H3,(H,41,42). The maximum Gasteiger partial charge on any atom is 0.404 e. The van der Waals surface area contributed by atoms with Crippen molar-refractivity contribution in [2.24, 2.45) is 5.92 Å². The summed E-state index contributed by atoms with van der Waals surface area (Å²) in [5, 5.41) is 25.4. The van der Waals surface area contributed by atoms with E-state index in [1.54, 1.807) is 34.5 Å². The lowest BCUT2D eigenvalue weighted by atomic mass is 10.0. The number of nitrogens with one attached hydrogen (secondary N) is 1. The van der Waals surface area contributed by atoms with Crippen LogP contribution in [0.2, 0.25) is 0 Å². The molecule has 13 nitrogen and oxygen atoms in total. The summed E-state index contributed by atoms with van der Waals surface area (Å²) in [5.74, 6) is 1.06. The first-order valence-corrected chi connectivity index (χ1v) is 14.7. The van der Waals surface area contributed by atoms with E-state index in [0.29, 0.717) is 43.6 Å². The summed E-state index contributed by atoms with van der Waals surface area (Å²) >= 11 is 0. The quantitative estimate of drug-likeness (QED) is 0.268. The molecule has 0 radical (unpaired) electrons. The molecule has 7 rings (SSSR count). The van der Waals surface area contributed by atoms with E-state index in [2.05, 4.69) is 38.1 Å². The van der Waals surface area contributed by atoms with E-state index in [4.69, 9.17) is 14.9 Å². The molecule has 2 amide bonds. The number of piperidine rings is 1. The van der Waals surface area contributed by atoms with Gasteiger partial charge in [-0.25, -0.2) is 14.3 Å². The fourth-order valence-corrected chi connectivity index (χ4v) is 6.00. The summed E-state index contributed by atoms with van der Waals surface area (Å²) in [6.45, 7) is 4.90. The first kappa shape index (κ1) is 26.9. The largest absolute Gasteiger partial charge is 0.474 e. The number of carboxylic acid groups (broad SMARTS) is 1. The van der Waals surface area contributed by atoms with Crippen molar-refractivity contribution in [1.82, 2.24) is 44.1 Å². The Kier molecular flexibility index (Phi) is 6.92. The molecule has 5 aromatic heterocycles. The number of pyridine rings is 2. The molecule has 1 saturated heterocycles. The zero-order chi connectivity index (χ0) is 29.5. The second-order valence-electron chi connectivity index (χ2n) is 11.4. The molecule has 1 unspecified atom stereocenters. The predicted molar refractivity (Wildman–Crippen MR) is 157 cm³/mol. The molecule has 222 valence electrons. The van der Waals surface area contributed by atoms with Gasteiger partial charge in [-0.3, -0.25) is 4.79 Å². The molecular weight excluding hydrogens is 550 g/mol. The molecule has 2 aliphatic rings. The molecule has 1 saturated carbocycles. The maximum atomic E-state index is 13.4. The van der Waals surface area contributed by atoms with Crippen molar-refractivity contribution in [3.8, 4) is 17.3 Å². The first-order valence-electron chi connectivity index (χ1n) is 14.7. The number of fused-ring (bicyclic) bond motifs is 2. The lowest BCUT2D eigenvalue weighted by molar-refractivity contribution is 0.0691. The van der Waals surface area contributed by atoms with Gasteiger partial charge in [-0.05, 0) is 62.8 Å². The zero-order valence-corrected chi connectivity index (χ0v) is 23.9. The van der Waals surface area contributed by atoms with Gasteiger partial charge in [-0.15, -0.1) is 10.2 Å². The SMILES string of the molecule is Cc1c(-c2cc3ccnc(OCCn4cnnc4)c3n2CC2CC2)nn2cc(C(=O)N3CCCC(NC(=O)O)C3)ccc12. The number of aryl methyl sites for hydroxylation is 1. The van der Waals surface area contributed by atoms with Crippen molar-refractivity contribution >= 4 is 28.4 Å². The van der Waals surface area contributed by atoms with E-state index >= 15 is 0 Å². The fourth-order valence-electron chi connectivity index (χ4n) is 6.00. The van der Waals surface area contributed by atoms with E-state index in [0.717, 1.165) is 52.8 Å². The second kappa shape index (κ2) is 11.0. The van der Waals surface area contributed by atoms with Crippen molar-refractivity contribution in [2.75, 3.05) is 19.7 Å². The van der Waals surface area contributed by atoms with Gasteiger partial charge in [0.05, 0.1) is 23.3 Å². The van der Waals surface area contributed by atoms with Crippen molar-refractivity contribution in [3.63, 3.8) is 0 Å². The zero-order valence-electron chi connectivity index (χ0n) is 23.9. The number of hydrogen-bond donors (Lipinski definition) is 2. The van der Waals surface area contributed by atoms with E-state index in [1.807, 2.05) is 22.8 Å². The molecule has 0 spiro atoms. The third-order valence-electron chi connectivity index (χ3n) is 8.37. The van der Waals surface area contributed by atoms with Crippen LogP contribution in [0, 0.1) is 12.8 Å². The van der Waals surface area contributed by atoms with Crippen LogP contribution in [0.15, 0.2) is 49.3 Å². The Balaban J connectivity index is 1.21. The van der Waals surface area contributed by atoms with Crippen LogP contribution in [0.4, 0.5) is 4.79 Å². The molecule has 0 aromatic carbocycles. The fraction of sp³-hybridized carbons (Fsp3) is 0.400. The molecule has 13 heteroatoms. The summed E-state index contributed by atoms with van der Waals surface area (Å²) < 4.78 is 12.1. The van der Waals surface area contributed by atoms with Gasteiger partial charge >= 0.3 is 6.09 Å². The van der Waals surface area contributed by atoms with Crippen LogP contribution in [0.5, 0.6) is 5.88 Å². The van der Waals surface area contributed by atoms with Crippen LogP contribution in [0.3, 0.4) is 0 Å². The van der Waals surface area contributed by atoms with Crippen LogP contribution in [0.25, 0.3) is 27.8 Å². The maximum absolute atomic E-state index is 13.4. The average Bonchev–Trinajstić information content (AvgIpc) is 3.37. The summed E-state index contributed by atoms with van der Waals surface area (Å²) in [5.41, 5.74) is 5.25. The third-order valence-corrected chi connectivity index (χ3v) is 8.37. The van der Waals surface area contributed by atoms with Crippen molar-refractivity contribution < 1.29 is 19.4 Å². The van der Waals surface area contributed by atoms with E-state index < -0.39 is 6.09 Å². The number of ether oxygens (including phenoxy) is 1. The summed E-state index contributed by atoms with van der Waals surface area (Å²) in [4.78, 5) is 30.8. The normalized spacial score (nSPS) is 17.0. The Morgan fingerprint density at radius 2 is 1.98 bits per heavy atom. The highest BCUT2D eigenvalue weighted by Crippen LogP contribution is 2.39. The van der Waals surface area contributed by atoms with Gasteiger partial charge in [0, 0.05) is 49.0 Å². The molecule has 5 aromatic rings. The predicted octanol–water partition coefficient (Wildman–Crippen LogP) is 3.61. The lowest BCUT2D eigenvalue weighted by Gasteiger charge is -2.32. The van der Waals surface area contributed by atoms with Gasteiger partial charge < -0.3 is 29.2 Å². The Hall–Kier alpha value is -4.94. The number of rotatable bonds is 9. The molecule has 2 fully saturated rings. The van der Waals surface area contributed by atoms with Gasteiger partial charge in [-0.1, -0.05) is 0 Å². The molecule has 2 N–H and O–H groups in total. The Labute approximate surface area is 247 Å². The Morgan fingerprint density at radius 1 is 1.14 bits per heavy atom. The third kappa shape index (κ3) is 5.38. The van der Waals surface area contributed by atoms with E-state index in [9.17, 15) is 9.59 Å². The van der Waals surface area contributed by atoms with Crippen LogP contribution in [0.1, 0.15) is 41.6 Å². The lowest BCUT2D eigenvalue weighted by Crippen LogP contribution is -2.49. The first-order chi connectivity index (χ1) is 20.9. The molecule has 6 heterocycles. The summed E-state index contributed by atoms with van der Waals surface area (Å²) in [6, 6.07) is 7.65. The minimum atomic E-state index is -1.07. The number of aromatic nitrogens is 7. The highest BCUT2D eigenvalue weighted by Gasteiger charge is 2.28. The highest BCUT2D eigenvalue weighted by atomic mass is 16.5. The van der Waals surface area contributed by atoms with E-state index in [1.165, 1.54) is 12.8 Å². The summed E-state index contributed by atoms with van der Waals surface area (Å²) in [6.07, 6.45) is 9.65. The van der Waals surface area contributed by atoms with Crippen LogP contribution in [-0.2, 0) is 13.1 Å². The van der Waals surface area contributed by atoms with Gasteiger partial charge in [-0.2, -0.15) is 5.10 Å². The van der Waals surface area contributed by atoms with Crippen LogP contribution in [-0.4, -0.2) is 81.7 Å². The van der Waals surface area contributed by atoms with Crippen molar-refractivity contribution in [1.29, 1.82) is 0 Å². The number of nitrogens with zero attached hydrogens (tertiary/aromatic N) is 8. The molecule has 43 heavy (non-hydrogen) atoms. The minimum absolute atomic E-state index is 0.129. The van der Waals surface area contributed by atoms with Gasteiger partial charge in [0.25, 0.3) is 5.91 Å². The number of likely N-dealkylation sites (tertiary alicyclic amines) is 1. The van der Waals surface area contributed by atoms with Crippen molar-refractivity contribution in [2.45, 2.75) is 51.7 Å². The summed E-state index contributed by atoms with van der Waals surface area (Å²) in [7, 11) is 0. The van der Waals surface area contributed by atoms with Gasteiger partial charge in [0.2, 0.25) is 5.88 Å². The minimum Gasteiger partial charge on any atom is -0.474 e. The Morgan fingerprint density at radius 3 is 2.77 bits per heavy atom. The Bertz CT molecular complexity index is 1810. The van der Waals surface area contributed by atoms with E-state index in [-0.39, 0.29) is 11.9 Å². The molecule has 1 aliphatic heterocycles. The number of amides is 2. The molecule has 1 atom stereocenters. The average molecular weight is 584 g/mol. The smallest absolute Gasteiger partial charge is 0.404 e. The molecule has 1 aliphatic carbocycles. The van der Waals surface area contributed by atoms with Crippen LogP contribution >= 0.6 is 0 Å². The highest BCUT2D eigenvalue weighted by molar-refractivity contribution is 5.95. The molecular formula is C30H33N9O4. The number of carbonyl (C=O) groups excluding carboxylic acids is 1. The number of hydrogen-bond acceptors (Lipinski definition) is 7. The van der Waals surface area contributed by atoms with Gasteiger partial charge in [0.1, 0.15) is 30.5 Å². The second-order valence-corrected chi connectivity index (χ2v) is 11.4. The van der Waals surface area contributed by atoms with Gasteiger partial charge in [0.15, 0.2) is 0 Å². The monoisotopic (exact) mass is 583 g/mol. The van der Waals surface area contributed by atoms with Crippen LogP contribution < -0.4 is 10.1 Å². The topological polar surface area (TPSA) is 145 Å².